The molecular formula is C9H18N2O3. The summed E-state index contributed by atoms with van der Waals surface area (Å²) in [5.74, 6) is -0.341. The Morgan fingerprint density at radius 2 is 1.57 bits per heavy atom. The average molecular weight is 202 g/mol. The summed E-state index contributed by atoms with van der Waals surface area (Å²) in [6.07, 6.45) is 4.72. The van der Waals surface area contributed by atoms with Gasteiger partial charge in [0.15, 0.2) is 0 Å². The lowest BCUT2D eigenvalue weighted by atomic mass is 10.1. The third kappa shape index (κ3) is 7.57. The molecule has 0 radical (unpaired) electrons. The average Bonchev–Trinajstić information content (AvgIpc) is 2.22. The molecule has 0 aromatic rings. The van der Waals surface area contributed by atoms with Crippen molar-refractivity contribution in [2.24, 2.45) is 0 Å². The van der Waals surface area contributed by atoms with Crippen LogP contribution in [0.3, 0.4) is 0 Å². The standard InChI is InChI=1S/C9H18N2O3/c1-8(10-13)6-4-2-3-5-7-9(12)11-14/h10,13-14H,1-7H2,(H,11,12). The number of carbonyl (C=O) groups is 1. The summed E-state index contributed by atoms with van der Waals surface area (Å²) in [4.78, 5) is 10.6. The third-order valence-corrected chi connectivity index (χ3v) is 1.92. The molecule has 82 valence electrons. The lowest BCUT2D eigenvalue weighted by Gasteiger charge is -2.03. The molecule has 0 aliphatic rings. The molecule has 0 aliphatic heterocycles. The highest BCUT2D eigenvalue weighted by Gasteiger charge is 1.98. The van der Waals surface area contributed by atoms with E-state index < -0.39 is 0 Å². The van der Waals surface area contributed by atoms with E-state index in [1.54, 1.807) is 5.48 Å². The third-order valence-electron chi connectivity index (χ3n) is 1.92. The lowest BCUT2D eigenvalue weighted by Crippen LogP contribution is -2.17. The summed E-state index contributed by atoms with van der Waals surface area (Å²) >= 11 is 0. The van der Waals surface area contributed by atoms with E-state index in [-0.39, 0.29) is 5.91 Å². The Bertz CT molecular complexity index is 163. The van der Waals surface area contributed by atoms with Crippen LogP contribution in [-0.2, 0) is 4.79 Å². The number of rotatable bonds is 8. The van der Waals surface area contributed by atoms with Crippen molar-refractivity contribution in [2.75, 3.05) is 0 Å². The van der Waals surface area contributed by atoms with Crippen molar-refractivity contribution in [3.05, 3.63) is 12.3 Å². The summed E-state index contributed by atoms with van der Waals surface area (Å²) in [6.45, 7) is 3.57. The van der Waals surface area contributed by atoms with Crippen LogP contribution in [0.5, 0.6) is 0 Å². The van der Waals surface area contributed by atoms with Crippen molar-refractivity contribution >= 4 is 5.91 Å². The smallest absolute Gasteiger partial charge is 0.243 e. The largest absolute Gasteiger partial charge is 0.291 e. The topological polar surface area (TPSA) is 81.6 Å². The molecule has 0 aliphatic carbocycles. The molecule has 0 unspecified atom stereocenters. The highest BCUT2D eigenvalue weighted by atomic mass is 16.5. The SMILES string of the molecule is C=C(CCCCCCC(=O)NO)NO. The molecule has 0 aromatic carbocycles. The number of nitrogens with one attached hydrogen (secondary N) is 2. The first-order valence-corrected chi connectivity index (χ1v) is 4.71. The van der Waals surface area contributed by atoms with Crippen LogP contribution in [0.15, 0.2) is 12.3 Å². The summed E-state index contributed by atoms with van der Waals surface area (Å²) < 4.78 is 0. The van der Waals surface area contributed by atoms with Crippen molar-refractivity contribution in [2.45, 2.75) is 38.5 Å². The second-order valence-corrected chi connectivity index (χ2v) is 3.16. The molecule has 14 heavy (non-hydrogen) atoms. The molecule has 4 N–H and O–H groups in total. The van der Waals surface area contributed by atoms with E-state index >= 15 is 0 Å². The number of hydroxylamine groups is 2. The van der Waals surface area contributed by atoms with Crippen LogP contribution in [0, 0.1) is 0 Å². The molecule has 0 aromatic heterocycles. The van der Waals surface area contributed by atoms with Crippen LogP contribution in [0.1, 0.15) is 38.5 Å². The maximum atomic E-state index is 10.6. The zero-order valence-electron chi connectivity index (χ0n) is 8.25. The van der Waals surface area contributed by atoms with E-state index in [0.29, 0.717) is 12.1 Å². The van der Waals surface area contributed by atoms with Crippen LogP contribution >= 0.6 is 0 Å². The van der Waals surface area contributed by atoms with E-state index in [2.05, 4.69) is 6.58 Å². The van der Waals surface area contributed by atoms with Crippen LogP contribution < -0.4 is 11.0 Å². The quantitative estimate of drug-likeness (QED) is 0.272. The van der Waals surface area contributed by atoms with Gasteiger partial charge in [0.05, 0.1) is 0 Å². The number of allylic oxidation sites excluding steroid dienone is 1. The van der Waals surface area contributed by atoms with E-state index in [1.165, 1.54) is 0 Å². The second-order valence-electron chi connectivity index (χ2n) is 3.16. The maximum Gasteiger partial charge on any atom is 0.243 e. The lowest BCUT2D eigenvalue weighted by molar-refractivity contribution is -0.129. The Kier molecular flexibility index (Phi) is 7.87. The van der Waals surface area contributed by atoms with Gasteiger partial charge >= 0.3 is 0 Å². The minimum atomic E-state index is -0.341. The summed E-state index contributed by atoms with van der Waals surface area (Å²) in [7, 11) is 0. The fourth-order valence-electron chi connectivity index (χ4n) is 1.09. The van der Waals surface area contributed by atoms with Gasteiger partial charge in [-0.2, -0.15) is 0 Å². The normalized spacial score (nSPS) is 9.57. The molecule has 5 heteroatoms. The van der Waals surface area contributed by atoms with E-state index in [0.717, 1.165) is 32.1 Å². The van der Waals surface area contributed by atoms with Crippen molar-refractivity contribution in [3.8, 4) is 0 Å². The summed E-state index contributed by atoms with van der Waals surface area (Å²) in [6, 6.07) is 0. The van der Waals surface area contributed by atoms with Gasteiger partial charge in [-0.1, -0.05) is 19.4 Å². The number of amides is 1. The predicted octanol–water partition coefficient (Wildman–Crippen LogP) is 1.32. The second kappa shape index (κ2) is 8.52. The van der Waals surface area contributed by atoms with Crippen LogP contribution in [0.2, 0.25) is 0 Å². The molecule has 0 atom stereocenters. The van der Waals surface area contributed by atoms with Crippen LogP contribution in [0.4, 0.5) is 0 Å². The highest BCUT2D eigenvalue weighted by molar-refractivity contribution is 5.74. The molecule has 0 saturated heterocycles. The Hall–Kier alpha value is -1.07. The molecule has 0 rings (SSSR count). The van der Waals surface area contributed by atoms with E-state index in [9.17, 15) is 4.79 Å². The van der Waals surface area contributed by atoms with E-state index in [1.807, 2.05) is 5.48 Å². The Labute approximate surface area is 83.7 Å². The Morgan fingerprint density at radius 1 is 1.00 bits per heavy atom. The molecule has 0 spiro atoms. The van der Waals surface area contributed by atoms with Gasteiger partial charge in [0.25, 0.3) is 0 Å². The van der Waals surface area contributed by atoms with Gasteiger partial charge in [-0.3, -0.25) is 20.7 Å². The van der Waals surface area contributed by atoms with Gasteiger partial charge < -0.3 is 0 Å². The molecule has 0 bridgehead atoms. The van der Waals surface area contributed by atoms with Gasteiger partial charge in [0.1, 0.15) is 0 Å². The van der Waals surface area contributed by atoms with Gasteiger partial charge in [0, 0.05) is 12.1 Å². The minimum Gasteiger partial charge on any atom is -0.291 e. The highest BCUT2D eigenvalue weighted by Crippen LogP contribution is 2.07. The van der Waals surface area contributed by atoms with Gasteiger partial charge in [0.2, 0.25) is 5.91 Å². The summed E-state index contributed by atoms with van der Waals surface area (Å²) in [5, 5.41) is 16.6. The number of hydrogen-bond donors (Lipinski definition) is 4. The number of unbranched alkanes of at least 4 members (excludes halogenated alkanes) is 3. The van der Waals surface area contributed by atoms with Gasteiger partial charge in [-0.05, 0) is 19.3 Å². The molecule has 0 fully saturated rings. The molecule has 5 nitrogen and oxygen atoms in total. The Balaban J connectivity index is 3.14. The first-order valence-electron chi connectivity index (χ1n) is 4.71. The van der Waals surface area contributed by atoms with Crippen molar-refractivity contribution in [1.29, 1.82) is 0 Å². The van der Waals surface area contributed by atoms with Crippen molar-refractivity contribution in [1.82, 2.24) is 11.0 Å². The molecule has 0 heterocycles. The first kappa shape index (κ1) is 12.9. The van der Waals surface area contributed by atoms with Gasteiger partial charge in [-0.25, -0.2) is 5.48 Å². The predicted molar refractivity (Wildman–Crippen MR) is 51.7 cm³/mol. The fraction of sp³-hybridized carbons (Fsp3) is 0.667. The van der Waals surface area contributed by atoms with E-state index in [4.69, 9.17) is 10.4 Å². The number of carbonyl (C=O) groups excluding carboxylic acids is 1. The first-order chi connectivity index (χ1) is 6.70. The molecular weight excluding hydrogens is 184 g/mol. The molecule has 1 amide bonds. The van der Waals surface area contributed by atoms with Gasteiger partial charge in [-0.15, -0.1) is 0 Å². The molecule has 0 saturated carbocycles. The van der Waals surface area contributed by atoms with Crippen LogP contribution in [0.25, 0.3) is 0 Å². The zero-order valence-corrected chi connectivity index (χ0v) is 8.25. The zero-order chi connectivity index (χ0) is 10.8. The minimum absolute atomic E-state index is 0.341. The van der Waals surface area contributed by atoms with Crippen LogP contribution in [-0.4, -0.2) is 16.3 Å². The fourth-order valence-corrected chi connectivity index (χ4v) is 1.09. The van der Waals surface area contributed by atoms with Crippen molar-refractivity contribution in [3.63, 3.8) is 0 Å². The number of hydrogen-bond acceptors (Lipinski definition) is 4. The summed E-state index contributed by atoms with van der Waals surface area (Å²) in [5.41, 5.74) is 4.19. The van der Waals surface area contributed by atoms with Crippen molar-refractivity contribution < 1.29 is 15.2 Å². The monoisotopic (exact) mass is 202 g/mol. The maximum absolute atomic E-state index is 10.6. The Morgan fingerprint density at radius 3 is 2.07 bits per heavy atom.